The number of ketones is 1. The van der Waals surface area contributed by atoms with Crippen molar-refractivity contribution in [2.24, 2.45) is 0 Å². The largest absolute Gasteiger partial charge is 0.455 e. The fraction of sp³-hybridized carbons (Fsp3) is 0.167. The van der Waals surface area contributed by atoms with E-state index in [-0.39, 0.29) is 9.35 Å². The van der Waals surface area contributed by atoms with Gasteiger partial charge in [0, 0.05) is 9.85 Å². The Kier molecular flexibility index (Phi) is 3.19. The van der Waals surface area contributed by atoms with Crippen LogP contribution in [0.4, 0.5) is 13.2 Å². The summed E-state index contributed by atoms with van der Waals surface area (Å²) >= 11 is 6.63. The van der Waals surface area contributed by atoms with Gasteiger partial charge in [-0.1, -0.05) is 0 Å². The van der Waals surface area contributed by atoms with Crippen LogP contribution in [0.2, 0.25) is 0 Å². The molecule has 72 valence electrons. The van der Waals surface area contributed by atoms with E-state index in [0.717, 1.165) is 11.3 Å². The SMILES string of the molecule is O=C(c1scc(Br)c1Br)C(F)(F)F. The van der Waals surface area contributed by atoms with Gasteiger partial charge in [-0.15, -0.1) is 11.3 Å². The van der Waals surface area contributed by atoms with Crippen LogP contribution < -0.4 is 0 Å². The molecule has 1 aromatic rings. The van der Waals surface area contributed by atoms with E-state index in [9.17, 15) is 18.0 Å². The van der Waals surface area contributed by atoms with E-state index >= 15 is 0 Å². The Balaban J connectivity index is 3.10. The molecule has 0 aromatic carbocycles. The van der Waals surface area contributed by atoms with Crippen LogP contribution in [0, 0.1) is 0 Å². The molecule has 1 aromatic heterocycles. The topological polar surface area (TPSA) is 17.1 Å². The van der Waals surface area contributed by atoms with E-state index in [4.69, 9.17) is 0 Å². The number of carbonyl (C=O) groups excluding carboxylic acids is 1. The molecular formula is C6HBr2F3OS. The normalized spacial score (nSPS) is 11.8. The number of thiophene rings is 1. The fourth-order valence-corrected chi connectivity index (χ4v) is 2.72. The number of carbonyl (C=O) groups is 1. The van der Waals surface area contributed by atoms with E-state index in [0.29, 0.717) is 4.47 Å². The highest BCUT2D eigenvalue weighted by Gasteiger charge is 2.41. The van der Waals surface area contributed by atoms with Crippen molar-refractivity contribution in [3.8, 4) is 0 Å². The molecule has 0 bridgehead atoms. The van der Waals surface area contributed by atoms with E-state index in [2.05, 4.69) is 31.9 Å². The molecule has 0 aliphatic heterocycles. The van der Waals surface area contributed by atoms with Gasteiger partial charge in [-0.05, 0) is 31.9 Å². The molecule has 0 fully saturated rings. The van der Waals surface area contributed by atoms with Crippen molar-refractivity contribution in [1.29, 1.82) is 0 Å². The average Bonchev–Trinajstić information content (AvgIpc) is 2.30. The second kappa shape index (κ2) is 3.70. The van der Waals surface area contributed by atoms with Crippen LogP contribution in [-0.4, -0.2) is 12.0 Å². The van der Waals surface area contributed by atoms with Gasteiger partial charge in [0.1, 0.15) is 0 Å². The Bertz CT molecular complexity index is 344. The summed E-state index contributed by atoms with van der Waals surface area (Å²) in [7, 11) is 0. The Morgan fingerprint density at radius 2 is 1.92 bits per heavy atom. The van der Waals surface area contributed by atoms with Crippen LogP contribution in [0.3, 0.4) is 0 Å². The molecule has 0 N–H and O–H groups in total. The van der Waals surface area contributed by atoms with Crippen molar-refractivity contribution >= 4 is 49.0 Å². The van der Waals surface area contributed by atoms with Crippen LogP contribution in [0.1, 0.15) is 9.67 Å². The second-order valence-electron chi connectivity index (χ2n) is 2.05. The molecule has 0 radical (unpaired) electrons. The average molecular weight is 338 g/mol. The molecule has 0 amide bonds. The molecule has 0 unspecified atom stereocenters. The molecule has 0 aliphatic rings. The molecule has 13 heavy (non-hydrogen) atoms. The Morgan fingerprint density at radius 3 is 2.23 bits per heavy atom. The molecular weight excluding hydrogens is 337 g/mol. The van der Waals surface area contributed by atoms with Crippen molar-refractivity contribution in [1.82, 2.24) is 0 Å². The number of hydrogen-bond donors (Lipinski definition) is 0. The quantitative estimate of drug-likeness (QED) is 0.707. The van der Waals surface area contributed by atoms with Crippen LogP contribution in [-0.2, 0) is 0 Å². The summed E-state index contributed by atoms with van der Waals surface area (Å²) in [5.74, 6) is -1.82. The molecule has 0 atom stereocenters. The highest BCUT2D eigenvalue weighted by atomic mass is 79.9. The third kappa shape index (κ3) is 2.32. The lowest BCUT2D eigenvalue weighted by Gasteiger charge is -2.02. The number of rotatable bonds is 1. The first kappa shape index (κ1) is 11.2. The van der Waals surface area contributed by atoms with E-state index < -0.39 is 12.0 Å². The molecule has 0 saturated carbocycles. The predicted molar refractivity (Wildman–Crippen MR) is 50.1 cm³/mol. The van der Waals surface area contributed by atoms with Crippen molar-refractivity contribution in [3.05, 3.63) is 19.2 Å². The summed E-state index contributed by atoms with van der Waals surface area (Å²) in [6.45, 7) is 0. The van der Waals surface area contributed by atoms with Gasteiger partial charge in [0.15, 0.2) is 0 Å². The van der Waals surface area contributed by atoms with Gasteiger partial charge in [-0.25, -0.2) is 0 Å². The summed E-state index contributed by atoms with van der Waals surface area (Å²) in [6.07, 6.45) is -4.81. The number of Topliss-reactive ketones (excluding diaryl/α,β-unsaturated/α-hetero) is 1. The molecule has 0 spiro atoms. The van der Waals surface area contributed by atoms with E-state index in [1.165, 1.54) is 5.38 Å². The van der Waals surface area contributed by atoms with Crippen molar-refractivity contribution in [2.45, 2.75) is 6.18 Å². The van der Waals surface area contributed by atoms with Crippen LogP contribution in [0.25, 0.3) is 0 Å². The molecule has 1 rings (SSSR count). The third-order valence-corrected chi connectivity index (χ3v) is 4.68. The zero-order chi connectivity index (χ0) is 10.2. The molecule has 1 nitrogen and oxygen atoms in total. The van der Waals surface area contributed by atoms with Gasteiger partial charge in [0.05, 0.1) is 9.35 Å². The molecule has 1 heterocycles. The Morgan fingerprint density at radius 1 is 1.38 bits per heavy atom. The monoisotopic (exact) mass is 336 g/mol. The van der Waals surface area contributed by atoms with Crippen molar-refractivity contribution in [2.75, 3.05) is 0 Å². The minimum Gasteiger partial charge on any atom is -0.283 e. The summed E-state index contributed by atoms with van der Waals surface area (Å²) in [4.78, 5) is 10.4. The summed E-state index contributed by atoms with van der Waals surface area (Å²) in [6, 6.07) is 0. The zero-order valence-corrected chi connectivity index (χ0v) is 9.77. The van der Waals surface area contributed by atoms with Gasteiger partial charge >= 0.3 is 6.18 Å². The van der Waals surface area contributed by atoms with Gasteiger partial charge in [0.25, 0.3) is 5.78 Å². The third-order valence-electron chi connectivity index (χ3n) is 1.15. The standard InChI is InChI=1S/C6HBr2F3OS/c7-2-1-13-4(3(2)8)5(12)6(9,10)11/h1H. The molecule has 7 heteroatoms. The maximum absolute atomic E-state index is 11.9. The first-order valence-corrected chi connectivity index (χ1v) is 5.34. The van der Waals surface area contributed by atoms with E-state index in [1.54, 1.807) is 0 Å². The second-order valence-corrected chi connectivity index (χ2v) is 4.58. The Hall–Kier alpha value is 0.120. The minimum absolute atomic E-state index is 0.153. The highest BCUT2D eigenvalue weighted by Crippen LogP contribution is 2.36. The summed E-state index contributed by atoms with van der Waals surface area (Å²) in [5, 5.41) is 1.42. The molecule has 0 saturated heterocycles. The van der Waals surface area contributed by atoms with E-state index in [1.807, 2.05) is 0 Å². The maximum Gasteiger partial charge on any atom is 0.455 e. The molecule has 0 aliphatic carbocycles. The first-order chi connectivity index (χ1) is 5.84. The van der Waals surface area contributed by atoms with Gasteiger partial charge in [-0.3, -0.25) is 4.79 Å². The van der Waals surface area contributed by atoms with Gasteiger partial charge < -0.3 is 0 Å². The van der Waals surface area contributed by atoms with Crippen LogP contribution in [0.15, 0.2) is 14.3 Å². The fourth-order valence-electron chi connectivity index (χ4n) is 0.605. The van der Waals surface area contributed by atoms with Gasteiger partial charge in [-0.2, -0.15) is 13.2 Å². The van der Waals surface area contributed by atoms with Crippen LogP contribution >= 0.6 is 43.2 Å². The lowest BCUT2D eigenvalue weighted by Crippen LogP contribution is -2.21. The van der Waals surface area contributed by atoms with Gasteiger partial charge in [0.2, 0.25) is 0 Å². The lowest BCUT2D eigenvalue weighted by molar-refractivity contribution is -0.0882. The maximum atomic E-state index is 11.9. The zero-order valence-electron chi connectivity index (χ0n) is 5.78. The lowest BCUT2D eigenvalue weighted by atomic mass is 10.3. The first-order valence-electron chi connectivity index (χ1n) is 2.88. The smallest absolute Gasteiger partial charge is 0.283 e. The Labute approximate surface area is 92.2 Å². The number of halogens is 5. The summed E-state index contributed by atoms with van der Waals surface area (Å²) < 4.78 is 36.4. The number of alkyl halides is 3. The van der Waals surface area contributed by atoms with Crippen molar-refractivity contribution < 1.29 is 18.0 Å². The minimum atomic E-state index is -4.81. The van der Waals surface area contributed by atoms with Crippen LogP contribution in [0.5, 0.6) is 0 Å². The highest BCUT2D eigenvalue weighted by molar-refractivity contribution is 9.13. The number of hydrogen-bond acceptors (Lipinski definition) is 2. The van der Waals surface area contributed by atoms with Crippen molar-refractivity contribution in [3.63, 3.8) is 0 Å². The summed E-state index contributed by atoms with van der Waals surface area (Å²) in [5.41, 5.74) is 0. The predicted octanol–water partition coefficient (Wildman–Crippen LogP) is 4.02.